The molecule has 0 saturated carbocycles. The van der Waals surface area contributed by atoms with Crippen molar-refractivity contribution < 1.29 is 64.6 Å². The molecule has 2 saturated heterocycles. The fraction of sp³-hybridized carbons (Fsp3) is 0.725. The van der Waals surface area contributed by atoms with Gasteiger partial charge in [0.2, 0.25) is 5.91 Å². The maximum absolute atomic E-state index is 13.2. The quantitative estimate of drug-likeness (QED) is 0.0204. The van der Waals surface area contributed by atoms with E-state index in [4.69, 9.17) is 18.9 Å². The molecule has 0 radical (unpaired) electrons. The van der Waals surface area contributed by atoms with E-state index >= 15 is 0 Å². The predicted molar refractivity (Wildman–Crippen MR) is 336 cm³/mol. The summed E-state index contributed by atoms with van der Waals surface area (Å²) in [6.45, 7) is 2.52. The van der Waals surface area contributed by atoms with E-state index in [1.807, 2.05) is 6.08 Å². The molecule has 1 amide bonds. The van der Waals surface area contributed by atoms with Crippen molar-refractivity contribution in [1.82, 2.24) is 5.32 Å². The summed E-state index contributed by atoms with van der Waals surface area (Å²) < 4.78 is 22.7. The first-order valence-electron chi connectivity index (χ1n) is 32.6. The Morgan fingerprint density at radius 3 is 1.28 bits per heavy atom. The molecule has 2 fully saturated rings. The molecule has 83 heavy (non-hydrogen) atoms. The zero-order valence-electron chi connectivity index (χ0n) is 51.4. The normalized spacial score (nSPS) is 24.6. The van der Waals surface area contributed by atoms with Crippen LogP contribution in [0, 0.1) is 0 Å². The van der Waals surface area contributed by atoms with E-state index < -0.39 is 86.8 Å². The van der Waals surface area contributed by atoms with E-state index in [2.05, 4.69) is 116 Å². The summed E-state index contributed by atoms with van der Waals surface area (Å²) >= 11 is 0. The van der Waals surface area contributed by atoms with Crippen molar-refractivity contribution in [1.29, 1.82) is 0 Å². The number of rotatable bonds is 51. The van der Waals surface area contributed by atoms with E-state index in [1.54, 1.807) is 6.08 Å². The molecule has 0 bridgehead atoms. The molecule has 0 aromatic rings. The van der Waals surface area contributed by atoms with Crippen molar-refractivity contribution in [3.05, 3.63) is 109 Å². The summed E-state index contributed by atoms with van der Waals surface area (Å²) in [7, 11) is 0. The Bertz CT molecular complexity index is 1810. The van der Waals surface area contributed by atoms with Gasteiger partial charge in [0.15, 0.2) is 12.6 Å². The number of carbonyl (C=O) groups excluding carboxylic acids is 1. The van der Waals surface area contributed by atoms with Crippen molar-refractivity contribution in [3.8, 4) is 0 Å². The van der Waals surface area contributed by atoms with Gasteiger partial charge in [-0.15, -0.1) is 0 Å². The third-order valence-electron chi connectivity index (χ3n) is 15.2. The fourth-order valence-electron chi connectivity index (χ4n) is 10.0. The van der Waals surface area contributed by atoms with Gasteiger partial charge in [-0.1, -0.05) is 239 Å². The molecule has 0 aromatic carbocycles. The van der Waals surface area contributed by atoms with Crippen LogP contribution in [0.4, 0.5) is 0 Å². The Hall–Kier alpha value is -3.35. The molecule has 9 N–H and O–H groups in total. The van der Waals surface area contributed by atoms with Crippen LogP contribution in [0.1, 0.15) is 226 Å². The zero-order chi connectivity index (χ0) is 60.2. The van der Waals surface area contributed by atoms with Crippen LogP contribution in [0.15, 0.2) is 109 Å². The first-order valence-corrected chi connectivity index (χ1v) is 32.6. The van der Waals surface area contributed by atoms with Gasteiger partial charge in [-0.05, 0) is 89.9 Å². The van der Waals surface area contributed by atoms with Crippen molar-refractivity contribution in [2.45, 2.75) is 299 Å². The second-order valence-corrected chi connectivity index (χ2v) is 22.5. The number of carbonyl (C=O) groups is 1. The first-order chi connectivity index (χ1) is 40.6. The third kappa shape index (κ3) is 37.7. The van der Waals surface area contributed by atoms with Gasteiger partial charge in [0.25, 0.3) is 0 Å². The fourth-order valence-corrected chi connectivity index (χ4v) is 10.0. The Kier molecular flexibility index (Phi) is 48.3. The molecule has 2 heterocycles. The third-order valence-corrected chi connectivity index (χ3v) is 15.2. The average Bonchev–Trinajstić information content (AvgIpc) is 3.47. The summed E-state index contributed by atoms with van der Waals surface area (Å²) in [5.41, 5.74) is 0. The van der Waals surface area contributed by atoms with E-state index in [9.17, 15) is 45.6 Å². The molecule has 12 atom stereocenters. The summed E-state index contributed by atoms with van der Waals surface area (Å²) in [6.07, 6.45) is 59.0. The molecule has 2 rings (SSSR count). The second kappa shape index (κ2) is 52.9. The maximum atomic E-state index is 13.2. The number of hydrogen-bond donors (Lipinski definition) is 9. The van der Waals surface area contributed by atoms with E-state index in [0.29, 0.717) is 12.8 Å². The van der Waals surface area contributed by atoms with Crippen molar-refractivity contribution >= 4 is 5.91 Å². The van der Waals surface area contributed by atoms with Crippen LogP contribution in [-0.4, -0.2) is 140 Å². The maximum Gasteiger partial charge on any atom is 0.220 e. The Labute approximate surface area is 502 Å². The summed E-state index contributed by atoms with van der Waals surface area (Å²) in [6, 6.07) is -0.940. The highest BCUT2D eigenvalue weighted by molar-refractivity contribution is 5.76. The van der Waals surface area contributed by atoms with Gasteiger partial charge in [0.1, 0.15) is 48.8 Å². The molecular weight excluding hydrogens is 1050 g/mol. The van der Waals surface area contributed by atoms with Crippen LogP contribution in [0.3, 0.4) is 0 Å². The number of amides is 1. The molecule has 14 nitrogen and oxygen atoms in total. The standard InChI is InChI=1S/C69H117NO13/c1-3-5-7-9-11-13-15-16-17-18-19-20-21-22-23-24-25-26-27-28-29-30-31-32-33-34-35-36-37-38-39-40-41-42-43-45-47-49-51-53-61(74)70-57(58(73)52-50-48-46-44-14-12-10-8-6-4-2)56-80-68-66(79)64(77)67(60(55-72)82-68)83-69-65(78)63(76)62(75)59(54-71)81-69/h5-8,11,13-14,16-17,19-20,22-23,25-26,44,50,52,57-60,62-69,71-73,75-79H,3-4,9-10,12,15,18,21,24,27-43,45-49,51,53-56H2,1-2H3,(H,70,74)/b7-5-,8-6+,13-11-,17-16-,20-19-,23-22-,26-25-,44-14+,52-50+. The minimum atomic E-state index is -1.79. The van der Waals surface area contributed by atoms with E-state index in [1.165, 1.54) is 109 Å². The lowest BCUT2D eigenvalue weighted by Crippen LogP contribution is -2.65. The zero-order valence-corrected chi connectivity index (χ0v) is 51.4. The molecule has 2 aliphatic rings. The van der Waals surface area contributed by atoms with Gasteiger partial charge >= 0.3 is 0 Å². The minimum absolute atomic E-state index is 0.257. The number of hydrogen-bond acceptors (Lipinski definition) is 13. The molecule has 0 spiro atoms. The highest BCUT2D eigenvalue weighted by atomic mass is 16.7. The number of nitrogens with one attached hydrogen (secondary N) is 1. The number of unbranched alkanes of at least 4 members (excludes halogenated alkanes) is 22. The first kappa shape index (κ1) is 75.7. The summed E-state index contributed by atoms with van der Waals surface area (Å²) in [4.78, 5) is 13.2. The molecule has 0 aromatic heterocycles. The molecular formula is C69H117NO13. The molecule has 2 aliphatic heterocycles. The Morgan fingerprint density at radius 1 is 0.434 bits per heavy atom. The molecule has 0 aliphatic carbocycles. The van der Waals surface area contributed by atoms with Crippen LogP contribution >= 0.6 is 0 Å². The number of aliphatic hydroxyl groups is 8. The van der Waals surface area contributed by atoms with Crippen LogP contribution in [0.2, 0.25) is 0 Å². The topological polar surface area (TPSA) is 228 Å². The van der Waals surface area contributed by atoms with Crippen LogP contribution in [-0.2, 0) is 23.7 Å². The smallest absolute Gasteiger partial charge is 0.220 e. The van der Waals surface area contributed by atoms with Gasteiger partial charge in [0, 0.05) is 6.42 Å². The minimum Gasteiger partial charge on any atom is -0.394 e. The predicted octanol–water partition coefficient (Wildman–Crippen LogP) is 12.4. The van der Waals surface area contributed by atoms with Crippen molar-refractivity contribution in [2.24, 2.45) is 0 Å². The molecule has 12 unspecified atom stereocenters. The number of allylic oxidation sites excluding steroid dienone is 17. The van der Waals surface area contributed by atoms with Crippen molar-refractivity contribution in [2.75, 3.05) is 19.8 Å². The lowest BCUT2D eigenvalue weighted by Gasteiger charge is -2.46. The monoisotopic (exact) mass is 1170 g/mol. The van der Waals surface area contributed by atoms with Crippen LogP contribution < -0.4 is 5.32 Å². The van der Waals surface area contributed by atoms with Gasteiger partial charge in [0.05, 0.1) is 32.0 Å². The van der Waals surface area contributed by atoms with Crippen LogP contribution in [0.5, 0.6) is 0 Å². The summed E-state index contributed by atoms with van der Waals surface area (Å²) in [5, 5.41) is 86.9. The van der Waals surface area contributed by atoms with Crippen LogP contribution in [0.25, 0.3) is 0 Å². The lowest BCUT2D eigenvalue weighted by molar-refractivity contribution is -0.359. The van der Waals surface area contributed by atoms with E-state index in [0.717, 1.165) is 83.5 Å². The van der Waals surface area contributed by atoms with Gasteiger partial charge in [-0.25, -0.2) is 0 Å². The Morgan fingerprint density at radius 2 is 0.807 bits per heavy atom. The number of aliphatic hydroxyl groups excluding tert-OH is 8. The molecule has 476 valence electrons. The highest BCUT2D eigenvalue weighted by Gasteiger charge is 2.51. The largest absolute Gasteiger partial charge is 0.394 e. The Balaban J connectivity index is 1.55. The highest BCUT2D eigenvalue weighted by Crippen LogP contribution is 2.30. The molecule has 14 heteroatoms. The summed E-state index contributed by atoms with van der Waals surface area (Å²) in [5.74, 6) is -0.257. The average molecular weight is 1170 g/mol. The van der Waals surface area contributed by atoms with Crippen molar-refractivity contribution in [3.63, 3.8) is 0 Å². The van der Waals surface area contributed by atoms with Gasteiger partial charge in [-0.3, -0.25) is 4.79 Å². The number of ether oxygens (including phenoxy) is 4. The van der Waals surface area contributed by atoms with Gasteiger partial charge in [-0.2, -0.15) is 0 Å². The lowest BCUT2D eigenvalue weighted by atomic mass is 9.97. The van der Waals surface area contributed by atoms with E-state index in [-0.39, 0.29) is 18.9 Å². The SMILES string of the molecule is CC/C=C\C/C=C\C/C=C\C/C=C\C/C=C\C/C=C\CCCCCCCCCCCCCCCCCCCCCCC(=O)NC(COC1OC(CO)C(OC2OC(CO)C(O)C(O)C2O)C(O)C1O)C(O)/C=C/CC/C=C/CC/C=C/CC. The van der Waals surface area contributed by atoms with Gasteiger partial charge < -0.3 is 65.1 Å². The second-order valence-electron chi connectivity index (χ2n) is 22.5.